The van der Waals surface area contributed by atoms with Gasteiger partial charge in [0.2, 0.25) is 0 Å². The molecule has 7 nitrogen and oxygen atoms in total. The molecule has 2 aromatic carbocycles. The zero-order valence-electron chi connectivity index (χ0n) is 20.3. The molecule has 1 aliphatic heterocycles. The van der Waals surface area contributed by atoms with Crippen molar-refractivity contribution in [2.75, 3.05) is 11.6 Å². The van der Waals surface area contributed by atoms with Crippen LogP contribution in [0, 0.1) is 27.7 Å². The first-order valence-electron chi connectivity index (χ1n) is 11.2. The molecule has 0 bridgehead atoms. The molecular weight excluding hydrogens is 428 g/mol. The minimum absolute atomic E-state index is 0.223. The maximum absolute atomic E-state index is 13.3. The lowest BCUT2D eigenvalue weighted by Crippen LogP contribution is -2.21. The van der Waals surface area contributed by atoms with Gasteiger partial charge in [0.05, 0.1) is 40.5 Å². The molecule has 1 aliphatic rings. The Morgan fingerprint density at radius 3 is 2.38 bits per heavy atom. The Morgan fingerprint density at radius 2 is 1.74 bits per heavy atom. The van der Waals surface area contributed by atoms with Crippen LogP contribution < -0.4 is 5.01 Å². The standard InChI is InChI=1S/C27H28N4O3/c1-7-34-27(33)21-9-11-22(12-10-21)31-26(32)24(19(5)29-31)15-23-18(4)28-30(20(23)6)25-13-8-16(2)14-17(25)3/h8-15H,7H2,1-6H3/b24-15-. The lowest BCUT2D eigenvalue weighted by atomic mass is 10.1. The highest BCUT2D eigenvalue weighted by Gasteiger charge is 2.29. The summed E-state index contributed by atoms with van der Waals surface area (Å²) < 4.78 is 6.95. The predicted octanol–water partition coefficient (Wildman–Crippen LogP) is 5.09. The van der Waals surface area contributed by atoms with Gasteiger partial charge in [-0.2, -0.15) is 15.2 Å². The van der Waals surface area contributed by atoms with E-state index in [0.717, 1.165) is 28.2 Å². The van der Waals surface area contributed by atoms with E-state index in [0.29, 0.717) is 29.1 Å². The number of hydrogen-bond acceptors (Lipinski definition) is 5. The van der Waals surface area contributed by atoms with Gasteiger partial charge in [0.1, 0.15) is 0 Å². The van der Waals surface area contributed by atoms with Crippen molar-refractivity contribution in [1.29, 1.82) is 0 Å². The topological polar surface area (TPSA) is 76.8 Å². The fraction of sp³-hybridized carbons (Fsp3) is 0.259. The van der Waals surface area contributed by atoms with E-state index in [1.165, 1.54) is 10.6 Å². The number of benzene rings is 2. The number of carbonyl (C=O) groups is 2. The average Bonchev–Trinajstić information content (AvgIpc) is 3.24. The summed E-state index contributed by atoms with van der Waals surface area (Å²) in [5.41, 5.74) is 8.19. The number of hydrazone groups is 1. The number of aryl methyl sites for hydroxylation is 3. The number of aromatic nitrogens is 2. The number of amides is 1. The first-order valence-corrected chi connectivity index (χ1v) is 11.2. The number of ether oxygens (including phenoxy) is 1. The van der Waals surface area contributed by atoms with Crippen LogP contribution in [0.25, 0.3) is 11.8 Å². The Kier molecular flexibility index (Phi) is 6.20. The summed E-state index contributed by atoms with van der Waals surface area (Å²) in [6, 6.07) is 12.9. The highest BCUT2D eigenvalue weighted by Crippen LogP contribution is 2.28. The molecule has 0 N–H and O–H groups in total. The molecule has 7 heteroatoms. The number of nitrogens with zero attached hydrogens (tertiary/aromatic N) is 4. The fourth-order valence-electron chi connectivity index (χ4n) is 4.10. The molecule has 0 fully saturated rings. The Balaban J connectivity index is 1.65. The molecule has 0 aliphatic carbocycles. The molecule has 0 spiro atoms. The first-order chi connectivity index (χ1) is 16.2. The third kappa shape index (κ3) is 4.17. The molecule has 1 aromatic heterocycles. The van der Waals surface area contributed by atoms with Gasteiger partial charge in [-0.1, -0.05) is 17.7 Å². The molecule has 4 rings (SSSR count). The van der Waals surface area contributed by atoms with Gasteiger partial charge in [-0.05, 0) is 83.5 Å². The quantitative estimate of drug-likeness (QED) is 0.396. The number of carbonyl (C=O) groups excluding carboxylic acids is 2. The third-order valence-corrected chi connectivity index (χ3v) is 5.90. The summed E-state index contributed by atoms with van der Waals surface area (Å²) >= 11 is 0. The zero-order valence-corrected chi connectivity index (χ0v) is 20.3. The number of esters is 1. The molecule has 3 aromatic rings. The second-order valence-electron chi connectivity index (χ2n) is 8.41. The summed E-state index contributed by atoms with van der Waals surface area (Å²) in [7, 11) is 0. The van der Waals surface area contributed by atoms with Gasteiger partial charge in [0.25, 0.3) is 5.91 Å². The summed E-state index contributed by atoms with van der Waals surface area (Å²) in [5.74, 6) is -0.617. The van der Waals surface area contributed by atoms with E-state index < -0.39 is 5.97 Å². The Bertz CT molecular complexity index is 1350. The van der Waals surface area contributed by atoms with E-state index in [2.05, 4.69) is 37.1 Å². The fourth-order valence-corrected chi connectivity index (χ4v) is 4.10. The Hall–Kier alpha value is -4.00. The summed E-state index contributed by atoms with van der Waals surface area (Å²) in [5, 5.41) is 10.6. The summed E-state index contributed by atoms with van der Waals surface area (Å²) in [6.07, 6.45) is 1.87. The lowest BCUT2D eigenvalue weighted by Gasteiger charge is -2.12. The molecular formula is C27H28N4O3. The Morgan fingerprint density at radius 1 is 1.03 bits per heavy atom. The van der Waals surface area contributed by atoms with Crippen molar-refractivity contribution in [3.05, 3.63) is 81.7 Å². The highest BCUT2D eigenvalue weighted by atomic mass is 16.5. The summed E-state index contributed by atoms with van der Waals surface area (Å²) in [6.45, 7) is 12.0. The van der Waals surface area contributed by atoms with E-state index in [1.807, 2.05) is 31.5 Å². The molecule has 0 unspecified atom stereocenters. The molecule has 0 saturated carbocycles. The lowest BCUT2D eigenvalue weighted by molar-refractivity contribution is -0.114. The second kappa shape index (κ2) is 9.09. The molecule has 1 amide bonds. The van der Waals surface area contributed by atoms with Gasteiger partial charge in [0, 0.05) is 11.3 Å². The van der Waals surface area contributed by atoms with Crippen molar-refractivity contribution >= 4 is 29.4 Å². The van der Waals surface area contributed by atoms with E-state index in [4.69, 9.17) is 9.84 Å². The van der Waals surface area contributed by atoms with Gasteiger partial charge in [-0.15, -0.1) is 0 Å². The van der Waals surface area contributed by atoms with Crippen molar-refractivity contribution in [2.45, 2.75) is 41.5 Å². The predicted molar refractivity (Wildman–Crippen MR) is 133 cm³/mol. The van der Waals surface area contributed by atoms with E-state index >= 15 is 0 Å². The SMILES string of the molecule is CCOC(=O)c1ccc(N2N=C(C)/C(=C/c3c(C)nn(-c4ccc(C)cc4C)c3C)C2=O)cc1. The number of hydrogen-bond donors (Lipinski definition) is 0. The van der Waals surface area contributed by atoms with Crippen LogP contribution in [-0.4, -0.2) is 34.0 Å². The molecule has 174 valence electrons. The van der Waals surface area contributed by atoms with Crippen molar-refractivity contribution in [3.8, 4) is 5.69 Å². The summed E-state index contributed by atoms with van der Waals surface area (Å²) in [4.78, 5) is 25.2. The van der Waals surface area contributed by atoms with Crippen LogP contribution in [0.1, 0.15) is 52.3 Å². The molecule has 0 radical (unpaired) electrons. The minimum Gasteiger partial charge on any atom is -0.462 e. The normalized spacial score (nSPS) is 14.6. The highest BCUT2D eigenvalue weighted by molar-refractivity contribution is 6.32. The molecule has 0 saturated heterocycles. The maximum Gasteiger partial charge on any atom is 0.338 e. The third-order valence-electron chi connectivity index (χ3n) is 5.90. The van der Waals surface area contributed by atoms with E-state index in [1.54, 1.807) is 31.2 Å². The maximum atomic E-state index is 13.3. The van der Waals surface area contributed by atoms with Gasteiger partial charge in [-0.3, -0.25) is 4.79 Å². The van der Waals surface area contributed by atoms with Crippen molar-refractivity contribution in [3.63, 3.8) is 0 Å². The van der Waals surface area contributed by atoms with Crippen molar-refractivity contribution in [1.82, 2.24) is 9.78 Å². The van der Waals surface area contributed by atoms with Crippen molar-refractivity contribution in [2.24, 2.45) is 5.10 Å². The molecule has 0 atom stereocenters. The first kappa shape index (κ1) is 23.2. The van der Waals surface area contributed by atoms with E-state index in [-0.39, 0.29) is 5.91 Å². The molecule has 34 heavy (non-hydrogen) atoms. The Labute approximate surface area is 199 Å². The van der Waals surface area contributed by atoms with Gasteiger partial charge < -0.3 is 4.74 Å². The van der Waals surface area contributed by atoms with Crippen LogP contribution in [0.2, 0.25) is 0 Å². The number of anilines is 1. The van der Waals surface area contributed by atoms with Crippen molar-refractivity contribution < 1.29 is 14.3 Å². The zero-order chi connectivity index (χ0) is 24.6. The van der Waals surface area contributed by atoms with Crippen LogP contribution in [0.15, 0.2) is 53.1 Å². The molecule has 2 heterocycles. The van der Waals surface area contributed by atoms with Gasteiger partial charge >= 0.3 is 5.97 Å². The number of rotatable bonds is 5. The van der Waals surface area contributed by atoms with Crippen LogP contribution >= 0.6 is 0 Å². The average molecular weight is 457 g/mol. The second-order valence-corrected chi connectivity index (χ2v) is 8.41. The van der Waals surface area contributed by atoms with Gasteiger partial charge in [0.15, 0.2) is 0 Å². The largest absolute Gasteiger partial charge is 0.462 e. The van der Waals surface area contributed by atoms with Crippen LogP contribution in [-0.2, 0) is 9.53 Å². The smallest absolute Gasteiger partial charge is 0.338 e. The van der Waals surface area contributed by atoms with Gasteiger partial charge in [-0.25, -0.2) is 9.48 Å². The minimum atomic E-state index is -0.395. The van der Waals surface area contributed by atoms with Crippen LogP contribution in [0.5, 0.6) is 0 Å². The van der Waals surface area contributed by atoms with Crippen LogP contribution in [0.3, 0.4) is 0 Å². The monoisotopic (exact) mass is 456 g/mol. The van der Waals surface area contributed by atoms with E-state index in [9.17, 15) is 9.59 Å². The van der Waals surface area contributed by atoms with Crippen LogP contribution in [0.4, 0.5) is 5.69 Å².